The summed E-state index contributed by atoms with van der Waals surface area (Å²) < 4.78 is 38.5. The van der Waals surface area contributed by atoms with E-state index < -0.39 is 24.1 Å². The first-order valence-corrected chi connectivity index (χ1v) is 4.26. The van der Waals surface area contributed by atoms with Gasteiger partial charge in [0.2, 0.25) is 0 Å². The smallest absolute Gasteiger partial charge is 0.132 e. The molecule has 1 rings (SSSR count). The van der Waals surface area contributed by atoms with Gasteiger partial charge in [0, 0.05) is 17.7 Å². The minimum atomic E-state index is -0.946. The van der Waals surface area contributed by atoms with Gasteiger partial charge in [0.05, 0.1) is 6.61 Å². The van der Waals surface area contributed by atoms with Gasteiger partial charge >= 0.3 is 0 Å². The molecule has 1 unspecified atom stereocenters. The van der Waals surface area contributed by atoms with Crippen molar-refractivity contribution in [2.75, 3.05) is 6.61 Å². The van der Waals surface area contributed by atoms with Gasteiger partial charge in [-0.2, -0.15) is 0 Å². The predicted octanol–water partition coefficient (Wildman–Crippen LogP) is 2.71. The van der Waals surface area contributed by atoms with E-state index in [4.69, 9.17) is 0 Å². The molecule has 14 heavy (non-hydrogen) atoms. The highest BCUT2D eigenvalue weighted by Crippen LogP contribution is 2.18. The highest BCUT2D eigenvalue weighted by Gasteiger charge is 2.14. The Balaban J connectivity index is 2.96. The van der Waals surface area contributed by atoms with Crippen molar-refractivity contribution < 1.29 is 18.3 Å². The van der Waals surface area contributed by atoms with Crippen molar-refractivity contribution in [1.82, 2.24) is 0 Å². The van der Waals surface area contributed by atoms with Gasteiger partial charge < -0.3 is 0 Å². The second-order valence-electron chi connectivity index (χ2n) is 3.32. The van der Waals surface area contributed by atoms with Crippen LogP contribution in [0.4, 0.5) is 13.2 Å². The lowest BCUT2D eigenvalue weighted by molar-refractivity contribution is 0.150. The minimum Gasteiger partial charge on any atom is -0.236 e. The lowest BCUT2D eigenvalue weighted by Crippen LogP contribution is -2.07. The average Bonchev–Trinajstić information content (AvgIpc) is 2.10. The maximum Gasteiger partial charge on any atom is 0.132 e. The molecular formula is C10H10F3O. The Morgan fingerprint density at radius 2 is 1.71 bits per heavy atom. The normalized spacial score (nSPS) is 12.9. The van der Waals surface area contributed by atoms with Gasteiger partial charge in [-0.05, 0) is 12.3 Å². The molecule has 77 valence electrons. The summed E-state index contributed by atoms with van der Waals surface area (Å²) in [6, 6.07) is 1.24. The van der Waals surface area contributed by atoms with Crippen LogP contribution < -0.4 is 0 Å². The molecule has 1 atom stereocenters. The number of rotatable bonds is 3. The zero-order valence-corrected chi connectivity index (χ0v) is 7.69. The van der Waals surface area contributed by atoms with E-state index in [0.717, 1.165) is 0 Å². The van der Waals surface area contributed by atoms with Crippen LogP contribution in [-0.2, 0) is 11.5 Å². The van der Waals surface area contributed by atoms with Crippen molar-refractivity contribution in [2.45, 2.75) is 13.3 Å². The third kappa shape index (κ3) is 2.48. The summed E-state index contributed by atoms with van der Waals surface area (Å²) in [5.74, 6) is -3.16. The highest BCUT2D eigenvalue weighted by atomic mass is 19.1. The van der Waals surface area contributed by atoms with Crippen LogP contribution in [-0.4, -0.2) is 6.61 Å². The quantitative estimate of drug-likeness (QED) is 0.719. The summed E-state index contributed by atoms with van der Waals surface area (Å²) in [5, 5.41) is 10.4. The lowest BCUT2D eigenvalue weighted by Gasteiger charge is -2.08. The molecule has 0 fully saturated rings. The van der Waals surface area contributed by atoms with Crippen molar-refractivity contribution in [3.8, 4) is 0 Å². The Morgan fingerprint density at radius 1 is 1.21 bits per heavy atom. The predicted molar refractivity (Wildman–Crippen MR) is 44.7 cm³/mol. The maximum atomic E-state index is 13.0. The van der Waals surface area contributed by atoms with Gasteiger partial charge in [-0.15, -0.1) is 0 Å². The first-order valence-electron chi connectivity index (χ1n) is 4.26. The van der Waals surface area contributed by atoms with Gasteiger partial charge in [0.1, 0.15) is 17.5 Å². The second-order valence-corrected chi connectivity index (χ2v) is 3.32. The topological polar surface area (TPSA) is 19.9 Å². The van der Waals surface area contributed by atoms with Crippen molar-refractivity contribution in [3.05, 3.63) is 35.1 Å². The molecule has 0 bridgehead atoms. The van der Waals surface area contributed by atoms with E-state index in [1.807, 2.05) is 0 Å². The molecule has 1 aromatic rings. The molecular weight excluding hydrogens is 193 g/mol. The van der Waals surface area contributed by atoms with Gasteiger partial charge in [0.25, 0.3) is 0 Å². The van der Waals surface area contributed by atoms with Crippen LogP contribution in [0.1, 0.15) is 12.5 Å². The van der Waals surface area contributed by atoms with Crippen LogP contribution in [0.15, 0.2) is 12.1 Å². The van der Waals surface area contributed by atoms with Gasteiger partial charge in [-0.25, -0.2) is 18.3 Å². The summed E-state index contributed by atoms with van der Waals surface area (Å²) in [6.07, 6.45) is 0.00144. The second kappa shape index (κ2) is 4.46. The van der Waals surface area contributed by atoms with Gasteiger partial charge in [-0.1, -0.05) is 6.92 Å². The summed E-state index contributed by atoms with van der Waals surface area (Å²) in [5.41, 5.74) is -0.213. The number of benzene rings is 1. The number of hydrogen-bond donors (Lipinski definition) is 0. The van der Waals surface area contributed by atoms with Crippen LogP contribution >= 0.6 is 0 Å². The summed E-state index contributed by atoms with van der Waals surface area (Å²) in [7, 11) is 0. The van der Waals surface area contributed by atoms with E-state index in [9.17, 15) is 18.3 Å². The zero-order valence-electron chi connectivity index (χ0n) is 7.69. The Morgan fingerprint density at radius 3 is 2.14 bits per heavy atom. The van der Waals surface area contributed by atoms with E-state index in [2.05, 4.69) is 0 Å². The summed E-state index contributed by atoms with van der Waals surface area (Å²) in [4.78, 5) is 0. The van der Waals surface area contributed by atoms with Crippen molar-refractivity contribution in [1.29, 1.82) is 0 Å². The molecule has 0 heterocycles. The Hall–Kier alpha value is -1.03. The van der Waals surface area contributed by atoms with Crippen LogP contribution in [0.2, 0.25) is 0 Å². The maximum absolute atomic E-state index is 13.0. The number of hydrogen-bond acceptors (Lipinski definition) is 0. The average molecular weight is 203 g/mol. The summed E-state index contributed by atoms with van der Waals surface area (Å²) in [6.45, 7) is 1.19. The molecule has 0 aliphatic heterocycles. The van der Waals surface area contributed by atoms with Crippen LogP contribution in [0.5, 0.6) is 0 Å². The van der Waals surface area contributed by atoms with Crippen molar-refractivity contribution >= 4 is 0 Å². The minimum absolute atomic E-state index is 0.00144. The number of halogens is 3. The molecule has 0 aliphatic rings. The highest BCUT2D eigenvalue weighted by molar-refractivity contribution is 5.21. The fourth-order valence-electron chi connectivity index (χ4n) is 1.17. The molecule has 1 radical (unpaired) electrons. The van der Waals surface area contributed by atoms with Gasteiger partial charge in [0.15, 0.2) is 0 Å². The van der Waals surface area contributed by atoms with Crippen molar-refractivity contribution in [2.24, 2.45) is 5.92 Å². The van der Waals surface area contributed by atoms with Crippen LogP contribution in [0.3, 0.4) is 0 Å². The van der Waals surface area contributed by atoms with Gasteiger partial charge in [-0.3, -0.25) is 0 Å². The zero-order chi connectivity index (χ0) is 10.7. The van der Waals surface area contributed by atoms with E-state index in [1.165, 1.54) is 0 Å². The standard InChI is InChI=1S/C10H10F3O/c1-6(5-14)2-8-9(12)3-7(11)4-10(8)13/h3-4,6H,2,5H2,1H3. The fraction of sp³-hybridized carbons (Fsp3) is 0.400. The molecule has 0 saturated carbocycles. The molecule has 0 spiro atoms. The lowest BCUT2D eigenvalue weighted by atomic mass is 10.0. The SMILES string of the molecule is CC(C[O])Cc1c(F)cc(F)cc1F. The van der Waals surface area contributed by atoms with Crippen molar-refractivity contribution in [3.63, 3.8) is 0 Å². The molecule has 0 amide bonds. The van der Waals surface area contributed by atoms with Crippen LogP contribution in [0.25, 0.3) is 0 Å². The Labute approximate surface area is 80.2 Å². The van der Waals surface area contributed by atoms with E-state index >= 15 is 0 Å². The van der Waals surface area contributed by atoms with Crippen LogP contribution in [0, 0.1) is 23.4 Å². The fourth-order valence-corrected chi connectivity index (χ4v) is 1.17. The molecule has 0 aromatic heterocycles. The summed E-state index contributed by atoms with van der Waals surface area (Å²) >= 11 is 0. The first kappa shape index (κ1) is 11.0. The van der Waals surface area contributed by atoms with E-state index in [0.29, 0.717) is 12.1 Å². The molecule has 0 aliphatic carbocycles. The monoisotopic (exact) mass is 203 g/mol. The molecule has 4 heteroatoms. The molecule has 1 aromatic carbocycles. The third-order valence-corrected chi connectivity index (χ3v) is 1.94. The Kier molecular flexibility index (Phi) is 3.52. The Bertz CT molecular complexity index is 302. The third-order valence-electron chi connectivity index (χ3n) is 1.94. The molecule has 0 saturated heterocycles. The largest absolute Gasteiger partial charge is 0.236 e. The first-order chi connectivity index (χ1) is 6.54. The molecule has 0 N–H and O–H groups in total. The molecule has 1 nitrogen and oxygen atoms in total. The van der Waals surface area contributed by atoms with E-state index in [-0.39, 0.29) is 17.9 Å². The van der Waals surface area contributed by atoms with E-state index in [1.54, 1.807) is 6.92 Å².